The zero-order valence-electron chi connectivity index (χ0n) is 19.6. The summed E-state index contributed by atoms with van der Waals surface area (Å²) in [5, 5.41) is 7.94. The summed E-state index contributed by atoms with van der Waals surface area (Å²) in [6, 6.07) is 46.6. The molecule has 0 radical (unpaired) electrons. The Bertz CT molecular complexity index is 1830. The molecule has 0 unspecified atom stereocenters. The summed E-state index contributed by atoms with van der Waals surface area (Å²) in [5.41, 5.74) is 8.95. The number of hydrogen-bond donors (Lipinski definition) is 0. The second-order valence-electron chi connectivity index (χ2n) is 9.41. The Kier molecular flexibility index (Phi) is 4.47. The zero-order chi connectivity index (χ0) is 23.4. The first-order valence-corrected chi connectivity index (χ1v) is 12.2. The van der Waals surface area contributed by atoms with E-state index >= 15 is 0 Å². The smallest absolute Gasteiger partial charge is 0.00203 e. The number of hydrogen-bond acceptors (Lipinski definition) is 0. The SMILES string of the molecule is Cc1ccc(-c2ccc3ccc4c(-c5ccccc5)ccc5ccc2c3c54)cc1-c1ccccc1. The maximum absolute atomic E-state index is 2.35. The molecule has 164 valence electrons. The summed E-state index contributed by atoms with van der Waals surface area (Å²) in [5.74, 6) is 0. The van der Waals surface area contributed by atoms with E-state index in [1.54, 1.807) is 0 Å². The lowest BCUT2D eigenvalue weighted by molar-refractivity contribution is 1.46. The summed E-state index contributed by atoms with van der Waals surface area (Å²) in [6.07, 6.45) is 0. The van der Waals surface area contributed by atoms with Crippen molar-refractivity contribution >= 4 is 32.3 Å². The van der Waals surface area contributed by atoms with Gasteiger partial charge in [-0.05, 0) is 84.3 Å². The van der Waals surface area contributed by atoms with Crippen molar-refractivity contribution in [3.05, 3.63) is 133 Å². The molecule has 0 aliphatic rings. The molecule has 0 aliphatic heterocycles. The van der Waals surface area contributed by atoms with Crippen LogP contribution in [0.2, 0.25) is 0 Å². The Balaban J connectivity index is 1.51. The van der Waals surface area contributed by atoms with Crippen LogP contribution in [0.4, 0.5) is 0 Å². The monoisotopic (exact) mass is 444 g/mol. The summed E-state index contributed by atoms with van der Waals surface area (Å²) >= 11 is 0. The summed E-state index contributed by atoms with van der Waals surface area (Å²) in [4.78, 5) is 0. The Labute approximate surface area is 205 Å². The molecule has 7 aromatic rings. The molecule has 35 heavy (non-hydrogen) atoms. The lowest BCUT2D eigenvalue weighted by atomic mass is 9.86. The largest absolute Gasteiger partial charge is 0.0622 e. The van der Waals surface area contributed by atoms with Crippen molar-refractivity contribution in [3.8, 4) is 33.4 Å². The minimum Gasteiger partial charge on any atom is -0.0622 e. The van der Waals surface area contributed by atoms with Gasteiger partial charge in [0.25, 0.3) is 0 Å². The van der Waals surface area contributed by atoms with E-state index in [2.05, 4.69) is 134 Å². The van der Waals surface area contributed by atoms with Crippen LogP contribution in [-0.2, 0) is 0 Å². The van der Waals surface area contributed by atoms with Gasteiger partial charge in [0.2, 0.25) is 0 Å². The third-order valence-electron chi connectivity index (χ3n) is 7.38. The van der Waals surface area contributed by atoms with Crippen molar-refractivity contribution in [1.82, 2.24) is 0 Å². The lowest BCUT2D eigenvalue weighted by Crippen LogP contribution is -1.90. The van der Waals surface area contributed by atoms with Gasteiger partial charge in [-0.25, -0.2) is 0 Å². The first kappa shape index (κ1) is 20.0. The van der Waals surface area contributed by atoms with Crippen molar-refractivity contribution in [1.29, 1.82) is 0 Å². The first-order chi connectivity index (χ1) is 17.3. The summed E-state index contributed by atoms with van der Waals surface area (Å²) in [6.45, 7) is 2.20. The van der Waals surface area contributed by atoms with Crippen molar-refractivity contribution < 1.29 is 0 Å². The molecule has 0 amide bonds. The van der Waals surface area contributed by atoms with Crippen LogP contribution < -0.4 is 0 Å². The third-order valence-corrected chi connectivity index (χ3v) is 7.38. The Morgan fingerprint density at radius 2 is 0.857 bits per heavy atom. The Morgan fingerprint density at radius 3 is 1.43 bits per heavy atom. The van der Waals surface area contributed by atoms with Crippen LogP contribution in [0, 0.1) is 6.92 Å². The standard InChI is InChI=1S/C35H24/c1-23-12-13-28(22-33(23)25-10-6-3-7-11-25)30-19-15-27-16-20-31-29(24-8-4-2-5-9-24)18-14-26-17-21-32(30)35(27)34(26)31/h2-22H,1H3. The van der Waals surface area contributed by atoms with E-state index in [9.17, 15) is 0 Å². The van der Waals surface area contributed by atoms with Crippen molar-refractivity contribution in [2.45, 2.75) is 6.92 Å². The van der Waals surface area contributed by atoms with Gasteiger partial charge >= 0.3 is 0 Å². The van der Waals surface area contributed by atoms with Gasteiger partial charge in [-0.3, -0.25) is 0 Å². The van der Waals surface area contributed by atoms with E-state index in [1.807, 2.05) is 0 Å². The minimum atomic E-state index is 1.26. The molecule has 7 rings (SSSR count). The molecule has 0 saturated heterocycles. The number of benzene rings is 7. The molecule has 0 aromatic heterocycles. The topological polar surface area (TPSA) is 0 Å². The van der Waals surface area contributed by atoms with Crippen LogP contribution in [0.5, 0.6) is 0 Å². The summed E-state index contributed by atoms with van der Waals surface area (Å²) < 4.78 is 0. The fourth-order valence-electron chi connectivity index (χ4n) is 5.64. The average Bonchev–Trinajstić information content (AvgIpc) is 2.93. The van der Waals surface area contributed by atoms with Gasteiger partial charge in [0.1, 0.15) is 0 Å². The lowest BCUT2D eigenvalue weighted by Gasteiger charge is -2.17. The molecule has 0 spiro atoms. The van der Waals surface area contributed by atoms with E-state index in [-0.39, 0.29) is 0 Å². The first-order valence-electron chi connectivity index (χ1n) is 12.2. The average molecular weight is 445 g/mol. The van der Waals surface area contributed by atoms with Gasteiger partial charge < -0.3 is 0 Å². The van der Waals surface area contributed by atoms with Gasteiger partial charge in [0, 0.05) is 0 Å². The predicted octanol–water partition coefficient (Wildman–Crippen LogP) is 9.89. The molecule has 0 N–H and O–H groups in total. The maximum atomic E-state index is 2.35. The quantitative estimate of drug-likeness (QED) is 0.238. The van der Waals surface area contributed by atoms with Crippen molar-refractivity contribution in [2.24, 2.45) is 0 Å². The second-order valence-corrected chi connectivity index (χ2v) is 9.41. The second kappa shape index (κ2) is 7.82. The fourth-order valence-corrected chi connectivity index (χ4v) is 5.64. The molecule has 0 aliphatic carbocycles. The van der Waals surface area contributed by atoms with Crippen LogP contribution in [0.1, 0.15) is 5.56 Å². The molecule has 0 saturated carbocycles. The molecule has 0 atom stereocenters. The highest BCUT2D eigenvalue weighted by Crippen LogP contribution is 2.42. The normalized spacial score (nSPS) is 11.6. The van der Waals surface area contributed by atoms with E-state index in [0.29, 0.717) is 0 Å². The van der Waals surface area contributed by atoms with E-state index in [4.69, 9.17) is 0 Å². The van der Waals surface area contributed by atoms with Crippen LogP contribution >= 0.6 is 0 Å². The van der Waals surface area contributed by atoms with Crippen LogP contribution in [0.3, 0.4) is 0 Å². The van der Waals surface area contributed by atoms with E-state index in [0.717, 1.165) is 0 Å². The number of aryl methyl sites for hydroxylation is 1. The molecule has 0 heterocycles. The Hall–Kier alpha value is -4.42. The molecular formula is C35H24. The molecular weight excluding hydrogens is 420 g/mol. The van der Waals surface area contributed by atoms with Crippen LogP contribution in [0.15, 0.2) is 127 Å². The summed E-state index contributed by atoms with van der Waals surface area (Å²) in [7, 11) is 0. The van der Waals surface area contributed by atoms with Gasteiger partial charge in [-0.1, -0.05) is 121 Å². The van der Waals surface area contributed by atoms with Gasteiger partial charge in [0.15, 0.2) is 0 Å². The molecule has 0 heteroatoms. The van der Waals surface area contributed by atoms with E-state index in [1.165, 1.54) is 71.3 Å². The highest BCUT2D eigenvalue weighted by molar-refractivity contribution is 6.27. The van der Waals surface area contributed by atoms with Crippen molar-refractivity contribution in [3.63, 3.8) is 0 Å². The van der Waals surface area contributed by atoms with Gasteiger partial charge in [0.05, 0.1) is 0 Å². The van der Waals surface area contributed by atoms with Gasteiger partial charge in [-0.2, -0.15) is 0 Å². The third kappa shape index (κ3) is 3.15. The number of rotatable bonds is 3. The van der Waals surface area contributed by atoms with Gasteiger partial charge in [-0.15, -0.1) is 0 Å². The molecule has 0 fully saturated rings. The molecule has 0 bridgehead atoms. The Morgan fingerprint density at radius 1 is 0.371 bits per heavy atom. The van der Waals surface area contributed by atoms with Crippen LogP contribution in [0.25, 0.3) is 65.7 Å². The fraction of sp³-hybridized carbons (Fsp3) is 0.0286. The highest BCUT2D eigenvalue weighted by Gasteiger charge is 2.15. The zero-order valence-corrected chi connectivity index (χ0v) is 19.6. The highest BCUT2D eigenvalue weighted by atomic mass is 14.2. The van der Waals surface area contributed by atoms with E-state index < -0.39 is 0 Å². The van der Waals surface area contributed by atoms with Crippen LogP contribution in [-0.4, -0.2) is 0 Å². The van der Waals surface area contributed by atoms with Crippen molar-refractivity contribution in [2.75, 3.05) is 0 Å². The molecule has 0 nitrogen and oxygen atoms in total. The minimum absolute atomic E-state index is 1.26. The molecule has 7 aromatic carbocycles. The maximum Gasteiger partial charge on any atom is -0.00203 e. The predicted molar refractivity (Wildman–Crippen MR) is 151 cm³/mol.